The van der Waals surface area contributed by atoms with Crippen molar-refractivity contribution in [1.82, 2.24) is 0 Å². The topological polar surface area (TPSA) is 79.0 Å². The van der Waals surface area contributed by atoms with Gasteiger partial charge in [-0.15, -0.1) is 0 Å². The first-order chi connectivity index (χ1) is 11.1. The van der Waals surface area contributed by atoms with Gasteiger partial charge in [-0.25, -0.2) is 0 Å². The van der Waals surface area contributed by atoms with Gasteiger partial charge in [0.15, 0.2) is 0 Å². The Morgan fingerprint density at radius 3 is 2.39 bits per heavy atom. The van der Waals surface area contributed by atoms with Crippen molar-refractivity contribution in [1.29, 1.82) is 0 Å². The predicted molar refractivity (Wildman–Crippen MR) is 94.2 cm³/mol. The van der Waals surface area contributed by atoms with Crippen LogP contribution < -0.4 is 15.4 Å². The molecule has 0 aliphatic heterocycles. The zero-order valence-electron chi connectivity index (χ0n) is 13.0. The van der Waals surface area contributed by atoms with Crippen molar-refractivity contribution in [2.45, 2.75) is 0 Å². The lowest BCUT2D eigenvalue weighted by atomic mass is 10.0. The maximum absolute atomic E-state index is 9.19. The quantitative estimate of drug-likeness (QED) is 0.677. The molecule has 23 heavy (non-hydrogen) atoms. The molecule has 4 N–H and O–H groups in total. The minimum atomic E-state index is 0.00841. The Kier molecular flexibility index (Phi) is 6.10. The lowest BCUT2D eigenvalue weighted by Crippen LogP contribution is -2.29. The highest BCUT2D eigenvalue weighted by molar-refractivity contribution is 6.32. The summed E-state index contributed by atoms with van der Waals surface area (Å²) in [5.74, 6) is 0.580. The molecule has 0 aromatic heterocycles. The molecule has 0 aliphatic rings. The molecule has 0 bridgehead atoms. The van der Waals surface area contributed by atoms with Crippen LogP contribution in [0.2, 0.25) is 5.02 Å². The molecule has 124 valence electrons. The number of aliphatic hydroxyl groups excluding tert-OH is 2. The number of hydrogen-bond donors (Lipinski definition) is 3. The van der Waals surface area contributed by atoms with Crippen LogP contribution in [0.1, 0.15) is 0 Å². The van der Waals surface area contributed by atoms with E-state index in [1.807, 2.05) is 35.2 Å². The number of halogens is 1. The van der Waals surface area contributed by atoms with Gasteiger partial charge in [0, 0.05) is 30.0 Å². The van der Waals surface area contributed by atoms with E-state index in [4.69, 9.17) is 22.1 Å². The van der Waals surface area contributed by atoms with Crippen molar-refractivity contribution >= 4 is 23.0 Å². The fourth-order valence-corrected chi connectivity index (χ4v) is 2.62. The van der Waals surface area contributed by atoms with Crippen LogP contribution in [-0.2, 0) is 0 Å². The Hall–Kier alpha value is -1.95. The zero-order chi connectivity index (χ0) is 16.8. The predicted octanol–water partition coefficient (Wildman–Crippen LogP) is 2.39. The maximum Gasteiger partial charge on any atom is 0.138 e. The van der Waals surface area contributed by atoms with E-state index in [9.17, 15) is 10.2 Å². The molecule has 2 aromatic rings. The van der Waals surface area contributed by atoms with Crippen LogP contribution in [-0.4, -0.2) is 43.6 Å². The third-order valence-corrected chi connectivity index (χ3v) is 3.92. The Balaban J connectivity index is 2.44. The lowest BCUT2D eigenvalue weighted by molar-refractivity contribution is 0.281. The van der Waals surface area contributed by atoms with Crippen molar-refractivity contribution in [3.05, 3.63) is 41.4 Å². The van der Waals surface area contributed by atoms with Gasteiger partial charge >= 0.3 is 0 Å². The number of hydrogen-bond acceptors (Lipinski definition) is 5. The molecule has 0 saturated heterocycles. The number of nitrogens with zero attached hydrogens (tertiary/aromatic N) is 1. The molecule has 0 aliphatic carbocycles. The average Bonchev–Trinajstić information content (AvgIpc) is 2.56. The molecule has 0 fully saturated rings. The highest BCUT2D eigenvalue weighted by atomic mass is 35.5. The lowest BCUT2D eigenvalue weighted by Gasteiger charge is -2.24. The van der Waals surface area contributed by atoms with E-state index in [1.54, 1.807) is 13.2 Å². The maximum atomic E-state index is 9.19. The van der Waals surface area contributed by atoms with Gasteiger partial charge in [0.2, 0.25) is 0 Å². The van der Waals surface area contributed by atoms with Crippen LogP contribution in [0.5, 0.6) is 5.75 Å². The highest BCUT2D eigenvalue weighted by Crippen LogP contribution is 2.35. The average molecular weight is 337 g/mol. The fraction of sp³-hybridized carbons (Fsp3) is 0.294. The summed E-state index contributed by atoms with van der Waals surface area (Å²) in [4.78, 5) is 1.90. The van der Waals surface area contributed by atoms with Gasteiger partial charge < -0.3 is 25.6 Å². The molecular weight excluding hydrogens is 316 g/mol. The zero-order valence-corrected chi connectivity index (χ0v) is 13.8. The largest absolute Gasteiger partial charge is 0.495 e. The summed E-state index contributed by atoms with van der Waals surface area (Å²) in [7, 11) is 1.56. The number of nitrogen functional groups attached to an aromatic ring is 1. The minimum Gasteiger partial charge on any atom is -0.495 e. The number of rotatable bonds is 7. The van der Waals surface area contributed by atoms with E-state index in [0.29, 0.717) is 29.5 Å². The first kappa shape index (κ1) is 17.4. The van der Waals surface area contributed by atoms with E-state index < -0.39 is 0 Å². The van der Waals surface area contributed by atoms with E-state index in [0.717, 1.165) is 16.8 Å². The van der Waals surface area contributed by atoms with E-state index in [-0.39, 0.29) is 13.2 Å². The fourth-order valence-electron chi connectivity index (χ4n) is 2.43. The summed E-state index contributed by atoms with van der Waals surface area (Å²) in [6, 6.07) is 11.1. The summed E-state index contributed by atoms with van der Waals surface area (Å²) in [5.41, 5.74) is 9.35. The Morgan fingerprint density at radius 2 is 1.78 bits per heavy atom. The molecule has 2 rings (SSSR count). The summed E-state index contributed by atoms with van der Waals surface area (Å²) in [6.45, 7) is 0.894. The molecule has 0 spiro atoms. The third kappa shape index (κ3) is 4.07. The van der Waals surface area contributed by atoms with Crippen molar-refractivity contribution < 1.29 is 14.9 Å². The number of anilines is 2. The van der Waals surface area contributed by atoms with Crippen LogP contribution in [0.4, 0.5) is 11.4 Å². The molecule has 2 aromatic carbocycles. The van der Waals surface area contributed by atoms with Gasteiger partial charge in [0.1, 0.15) is 5.75 Å². The molecule has 0 heterocycles. The molecule has 0 unspecified atom stereocenters. The number of methoxy groups -OCH3 is 1. The number of benzene rings is 2. The highest BCUT2D eigenvalue weighted by Gasteiger charge is 2.11. The van der Waals surface area contributed by atoms with Gasteiger partial charge in [-0.05, 0) is 35.9 Å². The van der Waals surface area contributed by atoms with Crippen LogP contribution in [0.15, 0.2) is 36.4 Å². The summed E-state index contributed by atoms with van der Waals surface area (Å²) >= 11 is 6.07. The summed E-state index contributed by atoms with van der Waals surface area (Å²) in [5, 5.41) is 18.9. The Morgan fingerprint density at radius 1 is 1.09 bits per heavy atom. The van der Waals surface area contributed by atoms with Gasteiger partial charge in [-0.3, -0.25) is 0 Å². The van der Waals surface area contributed by atoms with Crippen molar-refractivity contribution in [2.75, 3.05) is 44.0 Å². The standard InChI is InChI=1S/C17H21ClN2O3/c1-23-17-10-12(2-4-15(17)18)14-11-13(3-5-16(14)19)20(6-8-21)7-9-22/h2-5,10-11,21-22H,6-9,19H2,1H3. The smallest absolute Gasteiger partial charge is 0.138 e. The molecule has 5 nitrogen and oxygen atoms in total. The second-order valence-corrected chi connectivity index (χ2v) is 5.46. The van der Waals surface area contributed by atoms with E-state index in [2.05, 4.69) is 0 Å². The number of aliphatic hydroxyl groups is 2. The molecule has 0 radical (unpaired) electrons. The van der Waals surface area contributed by atoms with Gasteiger partial charge in [-0.1, -0.05) is 17.7 Å². The van der Waals surface area contributed by atoms with Crippen LogP contribution in [0.3, 0.4) is 0 Å². The van der Waals surface area contributed by atoms with E-state index >= 15 is 0 Å². The first-order valence-corrected chi connectivity index (χ1v) is 7.68. The van der Waals surface area contributed by atoms with Crippen LogP contribution in [0.25, 0.3) is 11.1 Å². The second kappa shape index (κ2) is 8.06. The summed E-state index contributed by atoms with van der Waals surface area (Å²) < 4.78 is 5.25. The molecule has 0 atom stereocenters. The van der Waals surface area contributed by atoms with Gasteiger partial charge in [0.05, 0.1) is 25.3 Å². The van der Waals surface area contributed by atoms with Gasteiger partial charge in [0.25, 0.3) is 0 Å². The van der Waals surface area contributed by atoms with E-state index in [1.165, 1.54) is 0 Å². The molecular formula is C17H21ClN2O3. The monoisotopic (exact) mass is 336 g/mol. The Labute approximate surface area is 140 Å². The van der Waals surface area contributed by atoms with Gasteiger partial charge in [-0.2, -0.15) is 0 Å². The Bertz CT molecular complexity index is 658. The molecule has 0 saturated carbocycles. The molecule has 6 heteroatoms. The minimum absolute atomic E-state index is 0.00841. The summed E-state index contributed by atoms with van der Waals surface area (Å²) in [6.07, 6.45) is 0. The number of nitrogens with two attached hydrogens (primary N) is 1. The van der Waals surface area contributed by atoms with Crippen molar-refractivity contribution in [3.8, 4) is 16.9 Å². The third-order valence-electron chi connectivity index (χ3n) is 3.60. The SMILES string of the molecule is COc1cc(-c2cc(N(CCO)CCO)ccc2N)ccc1Cl. The van der Waals surface area contributed by atoms with Crippen molar-refractivity contribution in [2.24, 2.45) is 0 Å². The van der Waals surface area contributed by atoms with Crippen LogP contribution >= 0.6 is 11.6 Å². The second-order valence-electron chi connectivity index (χ2n) is 5.06. The molecule has 0 amide bonds. The first-order valence-electron chi connectivity index (χ1n) is 7.30. The van der Waals surface area contributed by atoms with Crippen molar-refractivity contribution in [3.63, 3.8) is 0 Å². The number of ether oxygens (including phenoxy) is 1. The normalized spacial score (nSPS) is 10.6. The van der Waals surface area contributed by atoms with Crippen LogP contribution in [0, 0.1) is 0 Å².